The van der Waals surface area contributed by atoms with Crippen LogP contribution in [0.2, 0.25) is 0 Å². The number of ether oxygens (including phenoxy) is 1. The van der Waals surface area contributed by atoms with Gasteiger partial charge in [-0.3, -0.25) is 15.6 Å². The van der Waals surface area contributed by atoms with Gasteiger partial charge in [0.05, 0.1) is 0 Å². The Labute approximate surface area is 135 Å². The number of fused-ring (bicyclic) bond motifs is 1. The molecule has 1 saturated heterocycles. The minimum atomic E-state index is -0.493. The normalized spacial score (nSPS) is 25.5. The van der Waals surface area contributed by atoms with Gasteiger partial charge in [-0.2, -0.15) is 0 Å². The molecule has 2 heterocycles. The van der Waals surface area contributed by atoms with Crippen molar-refractivity contribution in [2.45, 2.75) is 26.4 Å². The van der Waals surface area contributed by atoms with Crippen LogP contribution in [0.15, 0.2) is 24.4 Å². The van der Waals surface area contributed by atoms with Crippen molar-refractivity contribution in [1.82, 2.24) is 15.3 Å². The van der Waals surface area contributed by atoms with Crippen LogP contribution in [0.5, 0.6) is 0 Å². The molecule has 0 aromatic carbocycles. The van der Waals surface area contributed by atoms with Crippen LogP contribution in [0.1, 0.15) is 20.8 Å². The van der Waals surface area contributed by atoms with Gasteiger partial charge in [0.25, 0.3) is 0 Å². The maximum atomic E-state index is 12.2. The molecule has 0 spiro atoms. The molecule has 124 valence electrons. The van der Waals surface area contributed by atoms with Gasteiger partial charge in [-0.15, -0.1) is 0 Å². The van der Waals surface area contributed by atoms with Gasteiger partial charge in [-0.25, -0.2) is 9.78 Å². The molecule has 2 fully saturated rings. The lowest BCUT2D eigenvalue weighted by atomic mass is 10.2. The molecule has 0 bridgehead atoms. The van der Waals surface area contributed by atoms with Crippen LogP contribution >= 0.6 is 0 Å². The van der Waals surface area contributed by atoms with Gasteiger partial charge in [0.15, 0.2) is 0 Å². The number of anilines is 1. The number of hydrazine groups is 1. The molecule has 2 unspecified atom stereocenters. The molecule has 2 N–H and O–H groups in total. The standard InChI is InChI=1S/C16H22N4O3/c1-16(2,3)23-15(22)20-8-10-11(9-20)13(10)14(21)19-18-12-6-4-5-7-17-12/h4-7,10-11,13H,8-9H2,1-3H3,(H,17,18)(H,19,21). The third kappa shape index (κ3) is 3.55. The largest absolute Gasteiger partial charge is 0.444 e. The minimum absolute atomic E-state index is 0.0371. The highest BCUT2D eigenvalue weighted by Gasteiger charge is 2.60. The first-order valence-electron chi connectivity index (χ1n) is 7.80. The molecule has 2 aliphatic rings. The number of rotatable bonds is 3. The zero-order valence-corrected chi connectivity index (χ0v) is 13.6. The number of aromatic nitrogens is 1. The molecule has 1 saturated carbocycles. The SMILES string of the molecule is CC(C)(C)OC(=O)N1CC2C(C1)C2C(=O)NNc1ccccn1. The first-order valence-corrected chi connectivity index (χ1v) is 7.80. The lowest BCUT2D eigenvalue weighted by Crippen LogP contribution is -2.39. The van der Waals surface area contributed by atoms with Crippen LogP contribution in [0.25, 0.3) is 0 Å². The smallest absolute Gasteiger partial charge is 0.410 e. The van der Waals surface area contributed by atoms with E-state index in [1.807, 2.05) is 32.9 Å². The summed E-state index contributed by atoms with van der Waals surface area (Å²) in [7, 11) is 0. The Bertz CT molecular complexity index is 587. The van der Waals surface area contributed by atoms with E-state index in [-0.39, 0.29) is 29.8 Å². The fourth-order valence-corrected chi connectivity index (χ4v) is 3.04. The van der Waals surface area contributed by atoms with E-state index >= 15 is 0 Å². The predicted octanol–water partition coefficient (Wildman–Crippen LogP) is 1.64. The van der Waals surface area contributed by atoms with Crippen LogP contribution in [-0.4, -0.2) is 40.6 Å². The zero-order valence-electron chi connectivity index (χ0n) is 13.6. The third-order valence-corrected chi connectivity index (χ3v) is 4.13. The molecule has 3 rings (SSSR count). The van der Waals surface area contributed by atoms with Crippen LogP contribution in [-0.2, 0) is 9.53 Å². The van der Waals surface area contributed by atoms with Gasteiger partial charge in [0.2, 0.25) is 5.91 Å². The molecule has 7 nitrogen and oxygen atoms in total. The van der Waals surface area contributed by atoms with Crippen molar-refractivity contribution < 1.29 is 14.3 Å². The van der Waals surface area contributed by atoms with Crippen molar-refractivity contribution in [1.29, 1.82) is 0 Å². The summed E-state index contributed by atoms with van der Waals surface area (Å²) in [6.07, 6.45) is 1.36. The van der Waals surface area contributed by atoms with Crippen molar-refractivity contribution in [3.8, 4) is 0 Å². The highest BCUT2D eigenvalue weighted by molar-refractivity contribution is 5.84. The topological polar surface area (TPSA) is 83.6 Å². The number of pyridine rings is 1. The van der Waals surface area contributed by atoms with Gasteiger partial charge in [0.1, 0.15) is 11.4 Å². The van der Waals surface area contributed by atoms with Gasteiger partial charge in [-0.1, -0.05) is 6.07 Å². The van der Waals surface area contributed by atoms with Gasteiger partial charge in [0, 0.05) is 25.2 Å². The number of carbonyl (C=O) groups excluding carboxylic acids is 2. The Morgan fingerprint density at radius 1 is 1.26 bits per heavy atom. The third-order valence-electron chi connectivity index (χ3n) is 4.13. The van der Waals surface area contributed by atoms with Crippen LogP contribution in [0.3, 0.4) is 0 Å². The molecule has 7 heteroatoms. The van der Waals surface area contributed by atoms with Crippen molar-refractivity contribution in [3.63, 3.8) is 0 Å². The summed E-state index contributed by atoms with van der Waals surface area (Å²) in [4.78, 5) is 29.9. The Morgan fingerprint density at radius 2 is 1.96 bits per heavy atom. The zero-order chi connectivity index (χ0) is 16.6. The van der Waals surface area contributed by atoms with Gasteiger partial charge >= 0.3 is 6.09 Å². The average Bonchev–Trinajstić information content (AvgIpc) is 2.98. The Balaban J connectivity index is 1.44. The Hall–Kier alpha value is -2.31. The van der Waals surface area contributed by atoms with E-state index in [4.69, 9.17) is 4.74 Å². The number of piperidine rings is 1. The molecular weight excluding hydrogens is 296 g/mol. The van der Waals surface area contributed by atoms with Crippen LogP contribution < -0.4 is 10.9 Å². The maximum absolute atomic E-state index is 12.2. The summed E-state index contributed by atoms with van der Waals surface area (Å²) < 4.78 is 5.36. The lowest BCUT2D eigenvalue weighted by Gasteiger charge is -2.25. The average molecular weight is 318 g/mol. The highest BCUT2D eigenvalue weighted by Crippen LogP contribution is 2.51. The molecule has 2 atom stereocenters. The molecule has 23 heavy (non-hydrogen) atoms. The molecule has 0 radical (unpaired) electrons. The van der Waals surface area contributed by atoms with E-state index < -0.39 is 5.60 Å². The number of amides is 2. The second-order valence-corrected chi connectivity index (χ2v) is 7.07. The summed E-state index contributed by atoms with van der Waals surface area (Å²) in [5.74, 6) is 0.975. The first kappa shape index (κ1) is 15.6. The Kier molecular flexibility index (Phi) is 3.87. The molecule has 1 aromatic heterocycles. The molecule has 1 aliphatic heterocycles. The van der Waals surface area contributed by atoms with Crippen molar-refractivity contribution in [2.75, 3.05) is 18.5 Å². The monoisotopic (exact) mass is 318 g/mol. The summed E-state index contributed by atoms with van der Waals surface area (Å²) in [6, 6.07) is 5.42. The summed E-state index contributed by atoms with van der Waals surface area (Å²) >= 11 is 0. The Morgan fingerprint density at radius 3 is 2.52 bits per heavy atom. The quantitative estimate of drug-likeness (QED) is 0.828. The summed E-state index contributed by atoms with van der Waals surface area (Å²) in [6.45, 7) is 6.71. The van der Waals surface area contributed by atoms with E-state index in [0.29, 0.717) is 18.9 Å². The van der Waals surface area contributed by atoms with E-state index in [2.05, 4.69) is 15.8 Å². The number of likely N-dealkylation sites (tertiary alicyclic amines) is 1. The second kappa shape index (κ2) is 5.72. The van der Waals surface area contributed by atoms with E-state index in [1.54, 1.807) is 17.2 Å². The maximum Gasteiger partial charge on any atom is 0.410 e. The number of carbonyl (C=O) groups is 2. The molecule has 2 amide bonds. The fraction of sp³-hybridized carbons (Fsp3) is 0.562. The predicted molar refractivity (Wildman–Crippen MR) is 84.3 cm³/mol. The number of nitrogens with one attached hydrogen (secondary N) is 2. The van der Waals surface area contributed by atoms with Crippen molar-refractivity contribution in [3.05, 3.63) is 24.4 Å². The minimum Gasteiger partial charge on any atom is -0.444 e. The molecular formula is C16H22N4O3. The molecule has 1 aromatic rings. The van der Waals surface area contributed by atoms with E-state index in [9.17, 15) is 9.59 Å². The first-order chi connectivity index (χ1) is 10.8. The highest BCUT2D eigenvalue weighted by atomic mass is 16.6. The fourth-order valence-electron chi connectivity index (χ4n) is 3.04. The number of nitrogens with zero attached hydrogens (tertiary/aromatic N) is 2. The lowest BCUT2D eigenvalue weighted by molar-refractivity contribution is -0.122. The van der Waals surface area contributed by atoms with E-state index in [1.165, 1.54) is 0 Å². The number of hydrogen-bond acceptors (Lipinski definition) is 5. The second-order valence-electron chi connectivity index (χ2n) is 7.07. The van der Waals surface area contributed by atoms with Crippen LogP contribution in [0.4, 0.5) is 10.6 Å². The van der Waals surface area contributed by atoms with Crippen LogP contribution in [0, 0.1) is 17.8 Å². The van der Waals surface area contributed by atoms with Crippen molar-refractivity contribution in [2.24, 2.45) is 17.8 Å². The number of hydrogen-bond donors (Lipinski definition) is 2. The van der Waals surface area contributed by atoms with Gasteiger partial charge in [-0.05, 0) is 44.7 Å². The van der Waals surface area contributed by atoms with Gasteiger partial charge < -0.3 is 9.64 Å². The van der Waals surface area contributed by atoms with E-state index in [0.717, 1.165) is 0 Å². The summed E-state index contributed by atoms with van der Waals surface area (Å²) in [5.41, 5.74) is 5.00. The molecule has 1 aliphatic carbocycles. The summed E-state index contributed by atoms with van der Waals surface area (Å²) in [5, 5.41) is 0. The van der Waals surface area contributed by atoms with Crippen molar-refractivity contribution >= 4 is 17.8 Å².